The SMILES string of the molecule is COc1ccccc1OCC(=O)NC(C)Cc1ccco1. The highest BCUT2D eigenvalue weighted by Gasteiger charge is 2.11. The third-order valence-corrected chi connectivity index (χ3v) is 2.92. The second kappa shape index (κ2) is 7.38. The van der Waals surface area contributed by atoms with Crippen molar-refractivity contribution in [3.63, 3.8) is 0 Å². The van der Waals surface area contributed by atoms with Crippen LogP contribution in [0.2, 0.25) is 0 Å². The summed E-state index contributed by atoms with van der Waals surface area (Å²) in [7, 11) is 1.56. The maximum Gasteiger partial charge on any atom is 0.258 e. The van der Waals surface area contributed by atoms with E-state index in [2.05, 4.69) is 5.32 Å². The summed E-state index contributed by atoms with van der Waals surface area (Å²) in [5, 5.41) is 2.86. The van der Waals surface area contributed by atoms with Crippen LogP contribution in [0, 0.1) is 0 Å². The summed E-state index contributed by atoms with van der Waals surface area (Å²) in [5.41, 5.74) is 0. The minimum absolute atomic E-state index is 0.0232. The number of hydrogen-bond donors (Lipinski definition) is 1. The van der Waals surface area contributed by atoms with Gasteiger partial charge in [0.05, 0.1) is 13.4 Å². The quantitative estimate of drug-likeness (QED) is 0.850. The minimum Gasteiger partial charge on any atom is -0.493 e. The van der Waals surface area contributed by atoms with E-state index in [4.69, 9.17) is 13.9 Å². The van der Waals surface area contributed by atoms with Gasteiger partial charge in [0.2, 0.25) is 0 Å². The highest BCUT2D eigenvalue weighted by Crippen LogP contribution is 2.25. The molecule has 0 radical (unpaired) electrons. The standard InChI is InChI=1S/C16H19NO4/c1-12(10-13-6-5-9-20-13)17-16(18)11-21-15-8-4-3-7-14(15)19-2/h3-9,12H,10-11H2,1-2H3,(H,17,18). The largest absolute Gasteiger partial charge is 0.493 e. The van der Waals surface area contributed by atoms with Gasteiger partial charge in [-0.05, 0) is 31.2 Å². The Hall–Kier alpha value is -2.43. The molecule has 1 aromatic heterocycles. The average Bonchev–Trinajstić information content (AvgIpc) is 2.98. The fourth-order valence-electron chi connectivity index (χ4n) is 1.98. The molecule has 0 aliphatic heterocycles. The van der Waals surface area contributed by atoms with Crippen molar-refractivity contribution < 1.29 is 18.7 Å². The van der Waals surface area contributed by atoms with Crippen molar-refractivity contribution in [2.45, 2.75) is 19.4 Å². The number of methoxy groups -OCH3 is 1. The van der Waals surface area contributed by atoms with Gasteiger partial charge in [-0.15, -0.1) is 0 Å². The summed E-state index contributed by atoms with van der Waals surface area (Å²) in [4.78, 5) is 11.8. The smallest absolute Gasteiger partial charge is 0.258 e. The number of carbonyl (C=O) groups is 1. The number of amides is 1. The van der Waals surface area contributed by atoms with E-state index >= 15 is 0 Å². The summed E-state index contributed by atoms with van der Waals surface area (Å²) >= 11 is 0. The summed E-state index contributed by atoms with van der Waals surface area (Å²) in [6, 6.07) is 10.9. The molecule has 0 spiro atoms. The molecule has 21 heavy (non-hydrogen) atoms. The molecule has 2 rings (SSSR count). The molecule has 2 aromatic rings. The average molecular weight is 289 g/mol. The highest BCUT2D eigenvalue weighted by atomic mass is 16.5. The molecule has 1 heterocycles. The van der Waals surface area contributed by atoms with Crippen LogP contribution in [-0.2, 0) is 11.2 Å². The van der Waals surface area contributed by atoms with Crippen molar-refractivity contribution in [3.05, 3.63) is 48.4 Å². The molecule has 0 aliphatic rings. The van der Waals surface area contributed by atoms with Crippen LogP contribution in [0.15, 0.2) is 47.1 Å². The van der Waals surface area contributed by atoms with Gasteiger partial charge < -0.3 is 19.2 Å². The molecule has 5 heteroatoms. The summed E-state index contributed by atoms with van der Waals surface area (Å²) in [5.74, 6) is 1.82. The Morgan fingerprint density at radius 3 is 2.67 bits per heavy atom. The fourth-order valence-corrected chi connectivity index (χ4v) is 1.98. The van der Waals surface area contributed by atoms with Crippen LogP contribution in [0.5, 0.6) is 11.5 Å². The second-order valence-electron chi connectivity index (χ2n) is 4.69. The highest BCUT2D eigenvalue weighted by molar-refractivity contribution is 5.77. The lowest BCUT2D eigenvalue weighted by molar-refractivity contribution is -0.123. The Labute approximate surface area is 123 Å². The van der Waals surface area contributed by atoms with E-state index in [0.717, 1.165) is 5.76 Å². The van der Waals surface area contributed by atoms with Crippen LogP contribution in [0.4, 0.5) is 0 Å². The van der Waals surface area contributed by atoms with Crippen LogP contribution in [0.1, 0.15) is 12.7 Å². The number of para-hydroxylation sites is 2. The molecule has 0 aliphatic carbocycles. The van der Waals surface area contributed by atoms with Gasteiger partial charge in [0.1, 0.15) is 5.76 Å². The second-order valence-corrected chi connectivity index (χ2v) is 4.69. The van der Waals surface area contributed by atoms with E-state index in [9.17, 15) is 4.79 Å². The molecular formula is C16H19NO4. The lowest BCUT2D eigenvalue weighted by Gasteiger charge is -2.14. The van der Waals surface area contributed by atoms with E-state index in [1.54, 1.807) is 25.5 Å². The van der Waals surface area contributed by atoms with E-state index < -0.39 is 0 Å². The molecule has 0 saturated heterocycles. The molecule has 1 atom stereocenters. The van der Waals surface area contributed by atoms with Crippen molar-refractivity contribution in [2.24, 2.45) is 0 Å². The first-order valence-electron chi connectivity index (χ1n) is 6.76. The Bertz CT molecular complexity index is 565. The van der Waals surface area contributed by atoms with Crippen LogP contribution in [0.3, 0.4) is 0 Å². The molecular weight excluding hydrogens is 270 g/mol. The number of carbonyl (C=O) groups excluding carboxylic acids is 1. The first kappa shape index (κ1) is 15.0. The minimum atomic E-state index is -0.181. The number of ether oxygens (including phenoxy) is 2. The molecule has 1 N–H and O–H groups in total. The maximum atomic E-state index is 11.8. The van der Waals surface area contributed by atoms with Crippen molar-refractivity contribution >= 4 is 5.91 Å². The van der Waals surface area contributed by atoms with E-state index in [1.807, 2.05) is 31.2 Å². The van der Waals surface area contributed by atoms with Gasteiger partial charge in [-0.25, -0.2) is 0 Å². The molecule has 1 unspecified atom stereocenters. The molecule has 0 bridgehead atoms. The first-order valence-corrected chi connectivity index (χ1v) is 6.76. The van der Waals surface area contributed by atoms with E-state index in [0.29, 0.717) is 17.9 Å². The lowest BCUT2D eigenvalue weighted by Crippen LogP contribution is -2.37. The Morgan fingerprint density at radius 2 is 2.00 bits per heavy atom. The predicted molar refractivity (Wildman–Crippen MR) is 78.5 cm³/mol. The van der Waals surface area contributed by atoms with Crippen molar-refractivity contribution in [1.29, 1.82) is 0 Å². The summed E-state index contributed by atoms with van der Waals surface area (Å²) < 4.78 is 15.9. The molecule has 1 aromatic carbocycles. The third kappa shape index (κ3) is 4.56. The zero-order chi connectivity index (χ0) is 15.1. The zero-order valence-corrected chi connectivity index (χ0v) is 12.2. The molecule has 5 nitrogen and oxygen atoms in total. The van der Waals surface area contributed by atoms with Gasteiger partial charge in [0.25, 0.3) is 5.91 Å². The third-order valence-electron chi connectivity index (χ3n) is 2.92. The Kier molecular flexibility index (Phi) is 5.26. The number of furan rings is 1. The predicted octanol–water partition coefficient (Wildman–Crippen LogP) is 2.41. The molecule has 1 amide bonds. The van der Waals surface area contributed by atoms with Crippen LogP contribution in [0.25, 0.3) is 0 Å². The topological polar surface area (TPSA) is 60.7 Å². The maximum absolute atomic E-state index is 11.8. The van der Waals surface area contributed by atoms with E-state index in [1.165, 1.54) is 0 Å². The molecule has 0 saturated carbocycles. The van der Waals surface area contributed by atoms with Crippen LogP contribution >= 0.6 is 0 Å². The van der Waals surface area contributed by atoms with Crippen molar-refractivity contribution in [3.8, 4) is 11.5 Å². The Balaban J connectivity index is 1.79. The van der Waals surface area contributed by atoms with E-state index in [-0.39, 0.29) is 18.6 Å². The van der Waals surface area contributed by atoms with Crippen LogP contribution < -0.4 is 14.8 Å². The number of hydrogen-bond acceptors (Lipinski definition) is 4. The summed E-state index contributed by atoms with van der Waals surface area (Å²) in [6.45, 7) is 1.87. The van der Waals surface area contributed by atoms with Gasteiger partial charge in [-0.3, -0.25) is 4.79 Å². The van der Waals surface area contributed by atoms with Crippen LogP contribution in [-0.4, -0.2) is 25.7 Å². The number of nitrogens with one attached hydrogen (secondary N) is 1. The number of benzene rings is 1. The van der Waals surface area contributed by atoms with Gasteiger partial charge in [0.15, 0.2) is 18.1 Å². The number of rotatable bonds is 7. The molecule has 112 valence electrons. The van der Waals surface area contributed by atoms with Gasteiger partial charge in [-0.2, -0.15) is 0 Å². The Morgan fingerprint density at radius 1 is 1.24 bits per heavy atom. The lowest BCUT2D eigenvalue weighted by atomic mass is 10.2. The fraction of sp³-hybridized carbons (Fsp3) is 0.312. The normalized spacial score (nSPS) is 11.7. The monoisotopic (exact) mass is 289 g/mol. The first-order chi connectivity index (χ1) is 10.2. The van der Waals surface area contributed by atoms with Gasteiger partial charge >= 0.3 is 0 Å². The van der Waals surface area contributed by atoms with Gasteiger partial charge in [0, 0.05) is 12.5 Å². The molecule has 0 fully saturated rings. The van der Waals surface area contributed by atoms with Crippen molar-refractivity contribution in [2.75, 3.05) is 13.7 Å². The zero-order valence-electron chi connectivity index (χ0n) is 12.2. The van der Waals surface area contributed by atoms with Gasteiger partial charge in [-0.1, -0.05) is 12.1 Å². The van der Waals surface area contributed by atoms with Crippen molar-refractivity contribution in [1.82, 2.24) is 5.32 Å². The summed E-state index contributed by atoms with van der Waals surface area (Å²) in [6.07, 6.45) is 2.27.